The number of hydrogen-bond acceptors (Lipinski definition) is 3. The highest BCUT2D eigenvalue weighted by atomic mass is 16.3. The summed E-state index contributed by atoms with van der Waals surface area (Å²) in [7, 11) is 0. The van der Waals surface area contributed by atoms with Crippen LogP contribution in [-0.2, 0) is 17.8 Å². The van der Waals surface area contributed by atoms with E-state index in [1.54, 1.807) is 11.0 Å². The second-order valence-electron chi connectivity index (χ2n) is 8.68. The van der Waals surface area contributed by atoms with E-state index in [0.29, 0.717) is 25.1 Å². The van der Waals surface area contributed by atoms with Crippen molar-refractivity contribution in [2.24, 2.45) is 0 Å². The predicted octanol–water partition coefficient (Wildman–Crippen LogP) is 4.84. The molecule has 1 saturated heterocycles. The molecule has 1 aromatic heterocycles. The lowest BCUT2D eigenvalue weighted by Gasteiger charge is -2.41. The first-order valence-corrected chi connectivity index (χ1v) is 11.2. The number of rotatable bonds is 5. The molecule has 0 spiro atoms. The number of nitrogens with zero attached hydrogens (tertiary/aromatic N) is 2. The maximum Gasteiger partial charge on any atom is 0.290 e. The monoisotopic (exact) mass is 438 g/mol. The highest BCUT2D eigenvalue weighted by Crippen LogP contribution is 2.24. The first-order valence-electron chi connectivity index (χ1n) is 11.2. The van der Waals surface area contributed by atoms with E-state index < -0.39 is 0 Å². The largest absolute Gasteiger partial charge is 0.451 e. The highest BCUT2D eigenvalue weighted by molar-refractivity contribution is 5.98. The molecule has 1 fully saturated rings. The molecule has 0 bridgehead atoms. The molecule has 3 aromatic carbocycles. The van der Waals surface area contributed by atoms with Gasteiger partial charge >= 0.3 is 0 Å². The normalized spacial score (nSPS) is 16.4. The van der Waals surface area contributed by atoms with Gasteiger partial charge in [-0.05, 0) is 36.6 Å². The lowest BCUT2D eigenvalue weighted by atomic mass is 10.0. The molecular weight excluding hydrogens is 412 g/mol. The summed E-state index contributed by atoms with van der Waals surface area (Å²) in [6.07, 6.45) is 0.683. The zero-order valence-corrected chi connectivity index (χ0v) is 18.6. The molecule has 33 heavy (non-hydrogen) atoms. The van der Waals surface area contributed by atoms with Gasteiger partial charge in [0.15, 0.2) is 5.76 Å². The number of amides is 2. The maximum atomic E-state index is 13.3. The molecule has 1 atom stereocenters. The number of carbonyl (C=O) groups excluding carboxylic acids is 2. The second-order valence-corrected chi connectivity index (χ2v) is 8.68. The smallest absolute Gasteiger partial charge is 0.290 e. The molecule has 2 heterocycles. The van der Waals surface area contributed by atoms with Gasteiger partial charge in [0.1, 0.15) is 12.1 Å². The Balaban J connectivity index is 1.41. The summed E-state index contributed by atoms with van der Waals surface area (Å²) in [5.74, 6) is -0.0192. The zero-order chi connectivity index (χ0) is 22.8. The molecule has 166 valence electrons. The topological polar surface area (TPSA) is 53.8 Å². The van der Waals surface area contributed by atoms with Gasteiger partial charge in [-0.2, -0.15) is 0 Å². The molecule has 0 unspecified atom stereocenters. The molecule has 0 N–H and O–H groups in total. The average Bonchev–Trinajstić information content (AvgIpc) is 3.27. The number of aryl methyl sites for hydroxylation is 1. The predicted molar refractivity (Wildman–Crippen MR) is 128 cm³/mol. The molecule has 2 amide bonds. The molecule has 0 saturated carbocycles. The Bertz CT molecular complexity index is 1240. The van der Waals surface area contributed by atoms with Crippen LogP contribution in [0.3, 0.4) is 0 Å². The van der Waals surface area contributed by atoms with E-state index in [-0.39, 0.29) is 30.2 Å². The quantitative estimate of drug-likeness (QED) is 0.448. The number of fused-ring (bicyclic) bond motifs is 1. The van der Waals surface area contributed by atoms with Crippen molar-refractivity contribution in [3.8, 4) is 0 Å². The van der Waals surface area contributed by atoms with E-state index in [1.807, 2.05) is 47.4 Å². The minimum Gasteiger partial charge on any atom is -0.451 e. The van der Waals surface area contributed by atoms with Crippen molar-refractivity contribution in [1.82, 2.24) is 9.80 Å². The number of hydrogen-bond donors (Lipinski definition) is 0. The number of piperazine rings is 1. The van der Waals surface area contributed by atoms with Crippen molar-refractivity contribution in [2.75, 3.05) is 13.1 Å². The van der Waals surface area contributed by atoms with Crippen molar-refractivity contribution in [3.05, 3.63) is 107 Å². The summed E-state index contributed by atoms with van der Waals surface area (Å²) < 4.78 is 5.79. The van der Waals surface area contributed by atoms with Gasteiger partial charge in [0.05, 0.1) is 6.04 Å². The fourth-order valence-corrected chi connectivity index (χ4v) is 4.44. The Morgan fingerprint density at radius 3 is 2.42 bits per heavy atom. The Morgan fingerprint density at radius 1 is 0.939 bits per heavy atom. The Hall–Kier alpha value is -3.86. The van der Waals surface area contributed by atoms with Crippen LogP contribution >= 0.6 is 0 Å². The van der Waals surface area contributed by atoms with Gasteiger partial charge in [-0.15, -0.1) is 0 Å². The standard InChI is InChI=1S/C28H26N2O3/c1-20-11-13-22(14-12-20)17-30-24(15-21-7-3-2-4-8-21)18-29(19-27(30)31)28(32)26-16-23-9-5-6-10-25(23)33-26/h2-14,16,24H,15,17-19H2,1H3/t24-/m1/s1. The number of furan rings is 1. The van der Waals surface area contributed by atoms with Crippen LogP contribution in [-0.4, -0.2) is 40.7 Å². The van der Waals surface area contributed by atoms with Crippen molar-refractivity contribution < 1.29 is 14.0 Å². The van der Waals surface area contributed by atoms with Crippen LogP contribution in [0.5, 0.6) is 0 Å². The molecule has 1 aliphatic heterocycles. The van der Waals surface area contributed by atoms with Gasteiger partial charge in [-0.3, -0.25) is 9.59 Å². The van der Waals surface area contributed by atoms with Gasteiger partial charge < -0.3 is 14.2 Å². The van der Waals surface area contributed by atoms with Crippen molar-refractivity contribution >= 4 is 22.8 Å². The first-order chi connectivity index (χ1) is 16.1. The Morgan fingerprint density at radius 2 is 1.67 bits per heavy atom. The number of para-hydroxylation sites is 1. The van der Waals surface area contributed by atoms with Crippen LogP contribution in [0.4, 0.5) is 0 Å². The van der Waals surface area contributed by atoms with E-state index in [2.05, 4.69) is 43.3 Å². The van der Waals surface area contributed by atoms with Crippen molar-refractivity contribution in [2.45, 2.75) is 25.9 Å². The average molecular weight is 439 g/mol. The summed E-state index contributed by atoms with van der Waals surface area (Å²) in [5.41, 5.74) is 4.09. The second kappa shape index (κ2) is 8.94. The van der Waals surface area contributed by atoms with Crippen LogP contribution in [0, 0.1) is 6.92 Å². The lowest BCUT2D eigenvalue weighted by Crippen LogP contribution is -2.58. The Kier molecular flexibility index (Phi) is 5.69. The van der Waals surface area contributed by atoms with E-state index in [1.165, 1.54) is 5.56 Å². The third-order valence-corrected chi connectivity index (χ3v) is 6.23. The van der Waals surface area contributed by atoms with Crippen LogP contribution in [0.2, 0.25) is 0 Å². The SMILES string of the molecule is Cc1ccc(CN2C(=O)CN(C(=O)c3cc4ccccc4o3)C[C@H]2Cc2ccccc2)cc1. The van der Waals surface area contributed by atoms with Gasteiger partial charge in [-0.1, -0.05) is 78.4 Å². The van der Waals surface area contributed by atoms with E-state index in [4.69, 9.17) is 4.42 Å². The lowest BCUT2D eigenvalue weighted by molar-refractivity contribution is -0.139. The summed E-state index contributed by atoms with van der Waals surface area (Å²) in [6, 6.07) is 27.6. The molecule has 4 aromatic rings. The van der Waals surface area contributed by atoms with Crippen LogP contribution in [0.25, 0.3) is 11.0 Å². The van der Waals surface area contributed by atoms with Gasteiger partial charge in [0.25, 0.3) is 5.91 Å². The molecule has 0 aliphatic carbocycles. The third-order valence-electron chi connectivity index (χ3n) is 6.23. The van der Waals surface area contributed by atoms with Gasteiger partial charge in [-0.25, -0.2) is 0 Å². The summed E-state index contributed by atoms with van der Waals surface area (Å²) in [5, 5.41) is 0.881. The van der Waals surface area contributed by atoms with E-state index in [9.17, 15) is 9.59 Å². The number of carbonyl (C=O) groups is 2. The molecule has 5 heteroatoms. The van der Waals surface area contributed by atoms with Crippen molar-refractivity contribution in [1.29, 1.82) is 0 Å². The fourth-order valence-electron chi connectivity index (χ4n) is 4.44. The van der Waals surface area contributed by atoms with E-state index in [0.717, 1.165) is 16.5 Å². The first kappa shape index (κ1) is 21.0. The minimum atomic E-state index is -0.243. The zero-order valence-electron chi connectivity index (χ0n) is 18.6. The van der Waals surface area contributed by atoms with Crippen LogP contribution in [0.1, 0.15) is 27.2 Å². The van der Waals surface area contributed by atoms with Crippen LogP contribution in [0.15, 0.2) is 89.3 Å². The third kappa shape index (κ3) is 4.53. The molecule has 0 radical (unpaired) electrons. The highest BCUT2D eigenvalue weighted by Gasteiger charge is 2.36. The summed E-state index contributed by atoms with van der Waals surface area (Å²) >= 11 is 0. The van der Waals surface area contributed by atoms with E-state index >= 15 is 0 Å². The number of benzene rings is 3. The van der Waals surface area contributed by atoms with Gasteiger partial charge in [0, 0.05) is 18.5 Å². The molecule has 5 rings (SSSR count). The summed E-state index contributed by atoms with van der Waals surface area (Å²) in [6.45, 7) is 3.09. The molecular formula is C28H26N2O3. The van der Waals surface area contributed by atoms with Gasteiger partial charge in [0.2, 0.25) is 5.91 Å². The Labute approximate surface area is 193 Å². The molecule has 5 nitrogen and oxygen atoms in total. The minimum absolute atomic E-state index is 0.0486. The maximum absolute atomic E-state index is 13.3. The van der Waals surface area contributed by atoms with Crippen LogP contribution < -0.4 is 0 Å². The summed E-state index contributed by atoms with van der Waals surface area (Å²) in [4.78, 5) is 30.1. The fraction of sp³-hybridized carbons (Fsp3) is 0.214. The molecule has 1 aliphatic rings. The van der Waals surface area contributed by atoms with Crippen molar-refractivity contribution in [3.63, 3.8) is 0 Å².